The van der Waals surface area contributed by atoms with Gasteiger partial charge in [0.05, 0.1) is 17.7 Å². The van der Waals surface area contributed by atoms with E-state index in [2.05, 4.69) is 5.32 Å². The molecule has 0 aliphatic carbocycles. The highest BCUT2D eigenvalue weighted by atomic mass is 35.5. The Kier molecular flexibility index (Phi) is 10.6. The number of aryl methyl sites for hydroxylation is 1. The minimum atomic E-state index is -4.23. The molecule has 0 spiro atoms. The first kappa shape index (κ1) is 31.0. The van der Waals surface area contributed by atoms with E-state index in [0.29, 0.717) is 6.42 Å². The third-order valence-electron chi connectivity index (χ3n) is 6.38. The molecule has 0 bridgehead atoms. The average molecular weight is 586 g/mol. The fourth-order valence-corrected chi connectivity index (χ4v) is 5.77. The summed E-state index contributed by atoms with van der Waals surface area (Å²) in [5.41, 5.74) is 1.99. The highest BCUT2D eigenvalue weighted by Gasteiger charge is 2.34. The lowest BCUT2D eigenvalue weighted by Crippen LogP contribution is -2.53. The first-order valence-electron chi connectivity index (χ1n) is 13.0. The van der Waals surface area contributed by atoms with Crippen molar-refractivity contribution in [1.82, 2.24) is 10.2 Å². The number of nitrogens with one attached hydrogen (secondary N) is 1. The van der Waals surface area contributed by atoms with Crippen LogP contribution in [0.3, 0.4) is 0 Å². The molecule has 3 aromatic rings. The van der Waals surface area contributed by atoms with Gasteiger partial charge in [0.25, 0.3) is 10.0 Å². The van der Waals surface area contributed by atoms with Gasteiger partial charge in [0.2, 0.25) is 11.8 Å². The zero-order valence-electron chi connectivity index (χ0n) is 23.4. The summed E-state index contributed by atoms with van der Waals surface area (Å²) in [5.74, 6) is -0.640. The van der Waals surface area contributed by atoms with Crippen molar-refractivity contribution in [3.63, 3.8) is 0 Å². The molecular weight excluding hydrogens is 550 g/mol. The molecule has 0 fully saturated rings. The summed E-state index contributed by atoms with van der Waals surface area (Å²) in [4.78, 5) is 28.4. The molecule has 10 heteroatoms. The number of hydrogen-bond acceptors (Lipinski definition) is 5. The molecule has 0 saturated heterocycles. The van der Waals surface area contributed by atoms with E-state index in [-0.39, 0.29) is 39.8 Å². The van der Waals surface area contributed by atoms with Gasteiger partial charge in [-0.3, -0.25) is 13.9 Å². The molecule has 0 radical (unpaired) electrons. The Morgan fingerprint density at radius 1 is 0.975 bits per heavy atom. The van der Waals surface area contributed by atoms with Crippen molar-refractivity contribution < 1.29 is 22.7 Å². The van der Waals surface area contributed by atoms with Crippen LogP contribution >= 0.6 is 11.6 Å². The van der Waals surface area contributed by atoms with Crippen LogP contribution in [0.1, 0.15) is 31.9 Å². The van der Waals surface area contributed by atoms with Crippen molar-refractivity contribution in [2.75, 3.05) is 24.5 Å². The van der Waals surface area contributed by atoms with Crippen LogP contribution in [-0.2, 0) is 26.0 Å². The molecule has 0 aromatic heterocycles. The number of anilines is 1. The second kappa shape index (κ2) is 13.7. The lowest BCUT2D eigenvalue weighted by atomic mass is 10.1. The quantitative estimate of drug-likeness (QED) is 0.328. The van der Waals surface area contributed by atoms with Gasteiger partial charge < -0.3 is 15.0 Å². The average Bonchev–Trinajstić information content (AvgIpc) is 2.92. The van der Waals surface area contributed by atoms with Crippen LogP contribution in [0.2, 0.25) is 5.02 Å². The fraction of sp³-hybridized carbons (Fsp3) is 0.333. The van der Waals surface area contributed by atoms with Crippen LogP contribution in [0.4, 0.5) is 5.69 Å². The second-order valence-corrected chi connectivity index (χ2v) is 12.1. The van der Waals surface area contributed by atoms with Crippen molar-refractivity contribution in [2.45, 2.75) is 51.1 Å². The van der Waals surface area contributed by atoms with E-state index in [0.717, 1.165) is 15.4 Å². The lowest BCUT2D eigenvalue weighted by Gasteiger charge is -2.32. The summed E-state index contributed by atoms with van der Waals surface area (Å²) in [5, 5.41) is 3.12. The minimum absolute atomic E-state index is 0.00867. The minimum Gasteiger partial charge on any atom is -0.495 e. The standard InChI is InChI=1S/C30H36ClN3O5S/c1-21(2)32-30(36)23(4)33(18-17-24-9-7-6-8-10-24)29(35)20-34(27-19-25(31)13-16-28(27)39-5)40(37,38)26-14-11-22(3)12-15-26/h6-16,19,21,23H,17-18,20H2,1-5H3,(H,32,36)/t23-/m0/s1. The van der Waals surface area contributed by atoms with E-state index < -0.39 is 28.5 Å². The predicted molar refractivity (Wildman–Crippen MR) is 158 cm³/mol. The van der Waals surface area contributed by atoms with Gasteiger partial charge in [-0.25, -0.2) is 8.42 Å². The number of sulfonamides is 1. The van der Waals surface area contributed by atoms with E-state index in [4.69, 9.17) is 16.3 Å². The molecule has 1 N–H and O–H groups in total. The number of benzene rings is 3. The molecule has 40 heavy (non-hydrogen) atoms. The third-order valence-corrected chi connectivity index (χ3v) is 8.39. The molecular formula is C30H36ClN3O5S. The molecule has 8 nitrogen and oxygen atoms in total. The Hall–Kier alpha value is -3.56. The molecule has 0 heterocycles. The summed E-state index contributed by atoms with van der Waals surface area (Å²) in [6.45, 7) is 6.80. The molecule has 0 saturated carbocycles. The Morgan fingerprint density at radius 2 is 1.62 bits per heavy atom. The van der Waals surface area contributed by atoms with E-state index in [1.54, 1.807) is 31.2 Å². The smallest absolute Gasteiger partial charge is 0.264 e. The summed E-state index contributed by atoms with van der Waals surface area (Å²) in [7, 11) is -2.82. The Labute approximate surface area is 241 Å². The maximum absolute atomic E-state index is 14.0. The first-order chi connectivity index (χ1) is 18.9. The SMILES string of the molecule is COc1ccc(Cl)cc1N(CC(=O)N(CCc1ccccc1)[C@@H](C)C(=O)NC(C)C)S(=O)(=O)c1ccc(C)cc1. The molecule has 0 aliphatic rings. The number of hydrogen-bond donors (Lipinski definition) is 1. The van der Waals surface area contributed by atoms with Crippen molar-refractivity contribution in [1.29, 1.82) is 0 Å². The zero-order chi connectivity index (χ0) is 29.4. The molecule has 3 aromatic carbocycles. The number of nitrogens with zero attached hydrogens (tertiary/aromatic N) is 2. The number of rotatable bonds is 12. The van der Waals surface area contributed by atoms with E-state index in [9.17, 15) is 18.0 Å². The van der Waals surface area contributed by atoms with Crippen LogP contribution < -0.4 is 14.4 Å². The largest absolute Gasteiger partial charge is 0.495 e. The predicted octanol–water partition coefficient (Wildman–Crippen LogP) is 4.84. The van der Waals surface area contributed by atoms with Gasteiger partial charge in [0, 0.05) is 17.6 Å². The molecule has 3 rings (SSSR count). The summed E-state index contributed by atoms with van der Waals surface area (Å²) >= 11 is 6.27. The maximum atomic E-state index is 14.0. The maximum Gasteiger partial charge on any atom is 0.264 e. The number of amides is 2. The van der Waals surface area contributed by atoms with Gasteiger partial charge in [-0.2, -0.15) is 0 Å². The normalized spacial score (nSPS) is 12.1. The van der Waals surface area contributed by atoms with Crippen LogP contribution in [0, 0.1) is 6.92 Å². The Bertz CT molecular complexity index is 1410. The van der Waals surface area contributed by atoms with Gasteiger partial charge in [0.15, 0.2) is 0 Å². The number of methoxy groups -OCH3 is 1. The summed E-state index contributed by atoms with van der Waals surface area (Å²) in [6.07, 6.45) is 0.483. The van der Waals surface area contributed by atoms with E-state index in [1.807, 2.05) is 51.1 Å². The van der Waals surface area contributed by atoms with Crippen molar-refractivity contribution >= 4 is 39.1 Å². The highest BCUT2D eigenvalue weighted by Crippen LogP contribution is 2.35. The van der Waals surface area contributed by atoms with Crippen LogP contribution in [-0.4, -0.2) is 57.4 Å². The van der Waals surface area contributed by atoms with Gasteiger partial charge in [-0.1, -0.05) is 59.6 Å². The Balaban J connectivity index is 2.05. The topological polar surface area (TPSA) is 96.0 Å². The summed E-state index contributed by atoms with van der Waals surface area (Å²) in [6, 6.07) is 19.5. The number of carbonyl (C=O) groups is 2. The summed E-state index contributed by atoms with van der Waals surface area (Å²) < 4.78 is 34.4. The van der Waals surface area contributed by atoms with Gasteiger partial charge in [-0.15, -0.1) is 0 Å². The zero-order valence-corrected chi connectivity index (χ0v) is 25.0. The number of ether oxygens (including phenoxy) is 1. The van der Waals surface area contributed by atoms with Crippen molar-refractivity contribution in [3.8, 4) is 5.75 Å². The molecule has 1 atom stereocenters. The molecule has 0 aliphatic heterocycles. The first-order valence-corrected chi connectivity index (χ1v) is 14.8. The van der Waals surface area contributed by atoms with E-state index >= 15 is 0 Å². The van der Waals surface area contributed by atoms with Gasteiger partial charge in [0.1, 0.15) is 18.3 Å². The van der Waals surface area contributed by atoms with Crippen LogP contribution in [0.5, 0.6) is 5.75 Å². The second-order valence-electron chi connectivity index (χ2n) is 9.80. The van der Waals surface area contributed by atoms with Gasteiger partial charge >= 0.3 is 0 Å². The molecule has 0 unspecified atom stereocenters. The number of halogens is 1. The molecule has 214 valence electrons. The Morgan fingerprint density at radius 3 is 2.23 bits per heavy atom. The van der Waals surface area contributed by atoms with E-state index in [1.165, 1.54) is 30.2 Å². The monoisotopic (exact) mass is 585 g/mol. The van der Waals surface area contributed by atoms with Crippen LogP contribution in [0.25, 0.3) is 0 Å². The highest BCUT2D eigenvalue weighted by molar-refractivity contribution is 7.92. The molecule has 2 amide bonds. The lowest BCUT2D eigenvalue weighted by molar-refractivity contribution is -0.139. The van der Waals surface area contributed by atoms with Crippen molar-refractivity contribution in [2.24, 2.45) is 0 Å². The third kappa shape index (κ3) is 7.76. The van der Waals surface area contributed by atoms with Gasteiger partial charge in [-0.05, 0) is 70.0 Å². The fourth-order valence-electron chi connectivity index (χ4n) is 4.18. The van der Waals surface area contributed by atoms with Crippen molar-refractivity contribution in [3.05, 3.63) is 88.9 Å². The number of carbonyl (C=O) groups excluding carboxylic acids is 2. The van der Waals surface area contributed by atoms with Crippen LogP contribution in [0.15, 0.2) is 77.7 Å².